The number of alkyl halides is 2. The van der Waals surface area contributed by atoms with Gasteiger partial charge >= 0.3 is 6.61 Å². The Balaban J connectivity index is 1.87. The maximum Gasteiger partial charge on any atom is 0.387 e. The van der Waals surface area contributed by atoms with Crippen LogP contribution in [0.25, 0.3) is 0 Å². The monoisotopic (exact) mass is 312 g/mol. The number of rotatable bonds is 4. The number of carbonyl (C=O) groups excluding carboxylic acids is 1. The van der Waals surface area contributed by atoms with Crippen molar-refractivity contribution in [3.63, 3.8) is 0 Å². The molecule has 2 fully saturated rings. The Morgan fingerprint density at radius 1 is 1.32 bits per heavy atom. The average molecular weight is 312 g/mol. The van der Waals surface area contributed by atoms with Gasteiger partial charge in [0, 0.05) is 38.3 Å². The highest BCUT2D eigenvalue weighted by Gasteiger charge is 2.36. The molecule has 0 aromatic heterocycles. The van der Waals surface area contributed by atoms with Crippen LogP contribution < -0.4 is 9.47 Å². The van der Waals surface area contributed by atoms with Gasteiger partial charge in [0.05, 0.1) is 12.7 Å². The van der Waals surface area contributed by atoms with Gasteiger partial charge in [0.25, 0.3) is 5.91 Å². The van der Waals surface area contributed by atoms with Crippen molar-refractivity contribution in [2.24, 2.45) is 0 Å². The summed E-state index contributed by atoms with van der Waals surface area (Å²) in [5.41, 5.74) is 0.154. The maximum absolute atomic E-state index is 12.7. The van der Waals surface area contributed by atoms with Crippen LogP contribution in [0.1, 0.15) is 16.8 Å². The predicted octanol–water partition coefficient (Wildman–Crippen LogP) is 1.83. The summed E-state index contributed by atoms with van der Waals surface area (Å²) >= 11 is 0. The van der Waals surface area contributed by atoms with Crippen molar-refractivity contribution in [2.45, 2.75) is 19.1 Å². The Hall–Kier alpha value is -1.89. The molecule has 2 aliphatic rings. The second-order valence-electron chi connectivity index (χ2n) is 5.48. The molecule has 2 saturated heterocycles. The van der Waals surface area contributed by atoms with Gasteiger partial charge in [0.1, 0.15) is 11.5 Å². The number of amides is 1. The van der Waals surface area contributed by atoms with Crippen molar-refractivity contribution in [1.82, 2.24) is 9.80 Å². The van der Waals surface area contributed by atoms with Gasteiger partial charge in [-0.15, -0.1) is 0 Å². The van der Waals surface area contributed by atoms with E-state index in [9.17, 15) is 13.6 Å². The Morgan fingerprint density at radius 3 is 2.86 bits per heavy atom. The molecule has 2 heterocycles. The van der Waals surface area contributed by atoms with Gasteiger partial charge in [-0.2, -0.15) is 8.78 Å². The second-order valence-corrected chi connectivity index (χ2v) is 5.48. The average Bonchev–Trinajstić information content (AvgIpc) is 2.87. The highest BCUT2D eigenvalue weighted by Crippen LogP contribution is 2.30. The zero-order valence-electron chi connectivity index (χ0n) is 12.3. The van der Waals surface area contributed by atoms with E-state index in [0.29, 0.717) is 12.3 Å². The first kappa shape index (κ1) is 15.0. The number of halogens is 2. The van der Waals surface area contributed by atoms with Crippen LogP contribution in [0.3, 0.4) is 0 Å². The highest BCUT2D eigenvalue weighted by molar-refractivity contribution is 5.97. The minimum Gasteiger partial charge on any atom is -0.497 e. The topological polar surface area (TPSA) is 42.0 Å². The summed E-state index contributed by atoms with van der Waals surface area (Å²) in [5.74, 6) is -0.0254. The van der Waals surface area contributed by atoms with E-state index in [0.717, 1.165) is 26.1 Å². The number of methoxy groups -OCH3 is 1. The van der Waals surface area contributed by atoms with Gasteiger partial charge in [0.2, 0.25) is 0 Å². The Labute approximate surface area is 127 Å². The van der Waals surface area contributed by atoms with Gasteiger partial charge in [-0.1, -0.05) is 0 Å². The fourth-order valence-corrected chi connectivity index (χ4v) is 3.12. The van der Waals surface area contributed by atoms with E-state index in [4.69, 9.17) is 4.74 Å². The van der Waals surface area contributed by atoms with Crippen molar-refractivity contribution in [1.29, 1.82) is 0 Å². The second kappa shape index (κ2) is 6.08. The third kappa shape index (κ3) is 2.85. The molecule has 0 radical (unpaired) electrons. The normalized spacial score (nSPS) is 23.7. The summed E-state index contributed by atoms with van der Waals surface area (Å²) in [6.45, 7) is 0.291. The number of hydrogen-bond acceptors (Lipinski definition) is 4. The van der Waals surface area contributed by atoms with Crippen molar-refractivity contribution in [2.75, 3.05) is 33.3 Å². The lowest BCUT2D eigenvalue weighted by molar-refractivity contribution is -0.0504. The van der Waals surface area contributed by atoms with Crippen LogP contribution in [0.5, 0.6) is 11.5 Å². The number of benzene rings is 1. The van der Waals surface area contributed by atoms with Crippen LogP contribution in [0.4, 0.5) is 8.78 Å². The minimum atomic E-state index is -2.98. The lowest BCUT2D eigenvalue weighted by Crippen LogP contribution is -2.49. The van der Waals surface area contributed by atoms with E-state index in [-0.39, 0.29) is 23.3 Å². The Morgan fingerprint density at radius 2 is 2.14 bits per heavy atom. The number of piperazine rings is 1. The van der Waals surface area contributed by atoms with Crippen LogP contribution >= 0.6 is 0 Å². The number of hydrogen-bond donors (Lipinski definition) is 0. The van der Waals surface area contributed by atoms with Crippen molar-refractivity contribution < 1.29 is 23.0 Å². The molecular formula is C15H18F2N2O3. The van der Waals surface area contributed by atoms with Crippen LogP contribution in [0, 0.1) is 0 Å². The summed E-state index contributed by atoms with van der Waals surface area (Å²) < 4.78 is 34.7. The SMILES string of the molecule is COc1ccc(C(=O)N2CCN3CCC2C3)c(OC(F)F)c1. The summed E-state index contributed by atoms with van der Waals surface area (Å²) in [6, 6.07) is 4.55. The van der Waals surface area contributed by atoms with Gasteiger partial charge in [-0.05, 0) is 18.6 Å². The smallest absolute Gasteiger partial charge is 0.387 e. The van der Waals surface area contributed by atoms with Crippen LogP contribution in [0.2, 0.25) is 0 Å². The molecule has 7 heteroatoms. The summed E-state index contributed by atoms with van der Waals surface area (Å²) in [4.78, 5) is 16.8. The van der Waals surface area contributed by atoms with E-state index in [1.165, 1.54) is 19.2 Å². The minimum absolute atomic E-state index is 0.139. The standard InChI is InChI=1S/C15H18F2N2O3/c1-21-11-2-3-12(13(8-11)22-15(16)17)14(20)19-7-6-18-5-4-10(19)9-18/h2-3,8,10,15H,4-7,9H2,1H3. The lowest BCUT2D eigenvalue weighted by atomic mass is 10.1. The van der Waals surface area contributed by atoms with Crippen molar-refractivity contribution in [3.8, 4) is 11.5 Å². The van der Waals surface area contributed by atoms with E-state index < -0.39 is 6.61 Å². The molecule has 0 N–H and O–H groups in total. The van der Waals surface area contributed by atoms with Gasteiger partial charge in [-0.25, -0.2) is 0 Å². The first-order chi connectivity index (χ1) is 10.6. The van der Waals surface area contributed by atoms with Crippen LogP contribution in [-0.4, -0.2) is 61.6 Å². The predicted molar refractivity (Wildman–Crippen MR) is 75.5 cm³/mol. The van der Waals surface area contributed by atoms with Crippen molar-refractivity contribution >= 4 is 5.91 Å². The molecule has 2 unspecified atom stereocenters. The quantitative estimate of drug-likeness (QED) is 0.850. The summed E-state index contributed by atoms with van der Waals surface area (Å²) in [7, 11) is 1.43. The molecule has 0 aliphatic carbocycles. The van der Waals surface area contributed by atoms with Crippen molar-refractivity contribution in [3.05, 3.63) is 23.8 Å². The molecule has 1 aromatic rings. The molecule has 120 valence electrons. The number of carbonyl (C=O) groups is 1. The maximum atomic E-state index is 12.7. The molecule has 5 nitrogen and oxygen atoms in total. The van der Waals surface area contributed by atoms with Gasteiger partial charge in [0.15, 0.2) is 0 Å². The molecular weight excluding hydrogens is 294 g/mol. The molecule has 22 heavy (non-hydrogen) atoms. The fourth-order valence-electron chi connectivity index (χ4n) is 3.12. The lowest BCUT2D eigenvalue weighted by Gasteiger charge is -2.34. The number of nitrogens with zero attached hydrogens (tertiary/aromatic N) is 2. The zero-order valence-corrected chi connectivity index (χ0v) is 12.3. The molecule has 2 aliphatic heterocycles. The molecule has 3 rings (SSSR count). The molecule has 2 bridgehead atoms. The van der Waals surface area contributed by atoms with Crippen LogP contribution in [-0.2, 0) is 0 Å². The summed E-state index contributed by atoms with van der Waals surface area (Å²) in [6.07, 6.45) is 0.924. The Kier molecular flexibility index (Phi) is 4.15. The zero-order chi connectivity index (χ0) is 15.7. The molecule has 2 atom stereocenters. The summed E-state index contributed by atoms with van der Waals surface area (Å²) in [5, 5.41) is 0. The number of ether oxygens (including phenoxy) is 2. The van der Waals surface area contributed by atoms with E-state index in [1.807, 2.05) is 0 Å². The molecule has 0 saturated carbocycles. The third-order valence-corrected chi connectivity index (χ3v) is 4.24. The molecule has 1 amide bonds. The van der Waals surface area contributed by atoms with E-state index in [1.54, 1.807) is 11.0 Å². The highest BCUT2D eigenvalue weighted by atomic mass is 19.3. The van der Waals surface area contributed by atoms with Gasteiger partial charge in [-0.3, -0.25) is 9.69 Å². The fraction of sp³-hybridized carbons (Fsp3) is 0.533. The number of fused-ring (bicyclic) bond motifs is 2. The molecule has 1 aromatic carbocycles. The first-order valence-corrected chi connectivity index (χ1v) is 7.24. The van der Waals surface area contributed by atoms with Gasteiger partial charge < -0.3 is 14.4 Å². The van der Waals surface area contributed by atoms with E-state index >= 15 is 0 Å². The Bertz CT molecular complexity index is 568. The third-order valence-electron chi connectivity index (χ3n) is 4.24. The van der Waals surface area contributed by atoms with E-state index in [2.05, 4.69) is 9.64 Å². The first-order valence-electron chi connectivity index (χ1n) is 7.24. The molecule has 0 spiro atoms. The largest absolute Gasteiger partial charge is 0.497 e. The van der Waals surface area contributed by atoms with Crippen LogP contribution in [0.15, 0.2) is 18.2 Å².